The maximum absolute atomic E-state index is 11.7. The number of aliphatic hydroxyl groups is 3. The van der Waals surface area contributed by atoms with Crippen LogP contribution in [0.5, 0.6) is 0 Å². The highest BCUT2D eigenvalue weighted by molar-refractivity contribution is 5.69. The smallest absolute Gasteiger partial charge is 0.305 e. The summed E-state index contributed by atoms with van der Waals surface area (Å²) in [5, 5.41) is 27.4. The largest absolute Gasteiger partial charge is 0.463 e. The van der Waals surface area contributed by atoms with Crippen LogP contribution in [0.15, 0.2) is 12.2 Å². The number of rotatable bonds is 22. The van der Waals surface area contributed by atoms with Crippen molar-refractivity contribution in [3.05, 3.63) is 12.2 Å². The minimum atomic E-state index is -0.958. The van der Waals surface area contributed by atoms with Gasteiger partial charge in [0.1, 0.15) is 18.8 Å². The summed E-state index contributed by atoms with van der Waals surface area (Å²) in [6, 6.07) is 0. The van der Waals surface area contributed by atoms with Gasteiger partial charge in [-0.15, -0.1) is 0 Å². The Kier molecular flexibility index (Phi) is 22.0. The zero-order valence-corrected chi connectivity index (χ0v) is 19.1. The molecule has 0 bridgehead atoms. The molecule has 0 rings (SSSR count). The fourth-order valence-electron chi connectivity index (χ4n) is 3.04. The molecule has 0 saturated heterocycles. The van der Waals surface area contributed by atoms with E-state index in [-0.39, 0.29) is 32.4 Å². The van der Waals surface area contributed by atoms with E-state index < -0.39 is 12.2 Å². The first-order chi connectivity index (χ1) is 14.6. The molecule has 0 aromatic rings. The van der Waals surface area contributed by atoms with Gasteiger partial charge in [-0.25, -0.2) is 0 Å². The van der Waals surface area contributed by atoms with E-state index in [9.17, 15) is 9.90 Å². The van der Waals surface area contributed by atoms with Gasteiger partial charge in [0.05, 0.1) is 19.8 Å². The molecular formula is C24H46O6. The van der Waals surface area contributed by atoms with Crippen LogP contribution in [-0.4, -0.2) is 59.9 Å². The third-order valence-corrected chi connectivity index (χ3v) is 4.91. The summed E-state index contributed by atoms with van der Waals surface area (Å²) in [6.45, 7) is 1.65. The van der Waals surface area contributed by atoms with E-state index in [4.69, 9.17) is 19.7 Å². The van der Waals surface area contributed by atoms with Gasteiger partial charge in [0.2, 0.25) is 0 Å². The monoisotopic (exact) mass is 430 g/mol. The molecule has 2 atom stereocenters. The van der Waals surface area contributed by atoms with Crippen molar-refractivity contribution in [3.8, 4) is 0 Å². The van der Waals surface area contributed by atoms with E-state index in [2.05, 4.69) is 19.1 Å². The Labute approximate surface area is 183 Å². The van der Waals surface area contributed by atoms with Crippen molar-refractivity contribution in [2.24, 2.45) is 0 Å². The summed E-state index contributed by atoms with van der Waals surface area (Å²) >= 11 is 0. The summed E-state index contributed by atoms with van der Waals surface area (Å²) in [5.41, 5.74) is 0. The van der Waals surface area contributed by atoms with Crippen LogP contribution in [0.3, 0.4) is 0 Å². The summed E-state index contributed by atoms with van der Waals surface area (Å²) in [5.74, 6) is -0.304. The first-order valence-electron chi connectivity index (χ1n) is 12.0. The zero-order valence-electron chi connectivity index (χ0n) is 19.1. The molecule has 0 saturated carbocycles. The molecule has 2 unspecified atom stereocenters. The lowest BCUT2D eigenvalue weighted by Gasteiger charge is -2.13. The third-order valence-electron chi connectivity index (χ3n) is 4.91. The number of aliphatic hydroxyl groups excluding tert-OH is 3. The number of carbonyl (C=O) groups is 1. The molecular weight excluding hydrogens is 384 g/mol. The molecule has 0 spiro atoms. The Balaban J connectivity index is 3.35. The van der Waals surface area contributed by atoms with Gasteiger partial charge >= 0.3 is 5.97 Å². The van der Waals surface area contributed by atoms with Crippen LogP contribution < -0.4 is 0 Å². The topological polar surface area (TPSA) is 96.2 Å². The summed E-state index contributed by atoms with van der Waals surface area (Å²) in [4.78, 5) is 11.7. The molecule has 30 heavy (non-hydrogen) atoms. The molecule has 0 aromatic heterocycles. The lowest BCUT2D eigenvalue weighted by molar-refractivity contribution is -0.148. The number of hydrogen-bond acceptors (Lipinski definition) is 6. The Morgan fingerprint density at radius 3 is 1.90 bits per heavy atom. The number of carbonyl (C=O) groups excluding carboxylic acids is 1. The first kappa shape index (κ1) is 29.1. The molecule has 0 aliphatic carbocycles. The standard InChI is InChI=1S/C24H46O6/c1-2-3-4-5-6-7-8-9-10-11-12-13-14-15-16-17-24(28)30-21-23(27)20-29-19-22(26)18-25/h9-10,22-23,25-27H,2-8,11-21H2,1H3/b10-9+. The molecule has 0 amide bonds. The normalized spacial score (nSPS) is 13.6. The van der Waals surface area contributed by atoms with Crippen LogP contribution in [-0.2, 0) is 14.3 Å². The van der Waals surface area contributed by atoms with E-state index in [1.54, 1.807) is 0 Å². The zero-order chi connectivity index (χ0) is 22.3. The Bertz CT molecular complexity index is 399. The van der Waals surface area contributed by atoms with Crippen LogP contribution in [0.2, 0.25) is 0 Å². The van der Waals surface area contributed by atoms with E-state index in [0.29, 0.717) is 6.42 Å². The molecule has 0 aromatic carbocycles. The number of allylic oxidation sites excluding steroid dienone is 2. The van der Waals surface area contributed by atoms with Crippen molar-refractivity contribution in [3.63, 3.8) is 0 Å². The second kappa shape index (κ2) is 22.7. The quantitative estimate of drug-likeness (QED) is 0.135. The van der Waals surface area contributed by atoms with Crippen LogP contribution in [0.1, 0.15) is 96.8 Å². The number of esters is 1. The second-order valence-electron chi connectivity index (χ2n) is 8.04. The van der Waals surface area contributed by atoms with Gasteiger partial charge in [-0.1, -0.05) is 70.4 Å². The minimum absolute atomic E-state index is 0.0439. The highest BCUT2D eigenvalue weighted by Gasteiger charge is 2.10. The van der Waals surface area contributed by atoms with Gasteiger partial charge in [-0.3, -0.25) is 4.79 Å². The molecule has 0 fully saturated rings. The van der Waals surface area contributed by atoms with E-state index in [1.807, 2.05) is 0 Å². The van der Waals surface area contributed by atoms with Gasteiger partial charge in [-0.2, -0.15) is 0 Å². The summed E-state index contributed by atoms with van der Waals surface area (Å²) in [6.07, 6.45) is 18.9. The van der Waals surface area contributed by atoms with Gasteiger partial charge in [0.25, 0.3) is 0 Å². The molecule has 0 aliphatic heterocycles. The summed E-state index contributed by atoms with van der Waals surface area (Å²) < 4.78 is 10.0. The number of ether oxygens (including phenoxy) is 2. The maximum Gasteiger partial charge on any atom is 0.305 e. The fraction of sp³-hybridized carbons (Fsp3) is 0.875. The van der Waals surface area contributed by atoms with Crippen molar-refractivity contribution in [2.75, 3.05) is 26.4 Å². The third kappa shape index (κ3) is 21.8. The number of unbranched alkanes of at least 4 members (excludes halogenated alkanes) is 11. The molecule has 178 valence electrons. The van der Waals surface area contributed by atoms with E-state index >= 15 is 0 Å². The molecule has 6 heteroatoms. The van der Waals surface area contributed by atoms with Gasteiger partial charge in [0.15, 0.2) is 0 Å². The minimum Gasteiger partial charge on any atom is -0.463 e. The van der Waals surface area contributed by atoms with Crippen molar-refractivity contribution in [1.82, 2.24) is 0 Å². The molecule has 3 N–H and O–H groups in total. The highest BCUT2D eigenvalue weighted by Crippen LogP contribution is 2.10. The Hall–Kier alpha value is -0.950. The lowest BCUT2D eigenvalue weighted by Crippen LogP contribution is -2.27. The Morgan fingerprint density at radius 1 is 0.767 bits per heavy atom. The molecule has 6 nitrogen and oxygen atoms in total. The fourth-order valence-corrected chi connectivity index (χ4v) is 3.04. The van der Waals surface area contributed by atoms with Gasteiger partial charge in [0, 0.05) is 6.42 Å². The SMILES string of the molecule is CCCCCCCC/C=C/CCCCCCCC(=O)OCC(O)COCC(O)CO. The van der Waals surface area contributed by atoms with Crippen LogP contribution >= 0.6 is 0 Å². The lowest BCUT2D eigenvalue weighted by atomic mass is 10.1. The van der Waals surface area contributed by atoms with Gasteiger partial charge < -0.3 is 24.8 Å². The molecule has 0 heterocycles. The molecule has 0 aliphatic rings. The first-order valence-corrected chi connectivity index (χ1v) is 12.0. The van der Waals surface area contributed by atoms with Crippen molar-refractivity contribution in [1.29, 1.82) is 0 Å². The average Bonchev–Trinajstić information content (AvgIpc) is 2.74. The summed E-state index contributed by atoms with van der Waals surface area (Å²) in [7, 11) is 0. The van der Waals surface area contributed by atoms with Crippen LogP contribution in [0.4, 0.5) is 0 Å². The van der Waals surface area contributed by atoms with Crippen LogP contribution in [0.25, 0.3) is 0 Å². The predicted octanol–water partition coefficient (Wildman–Crippen LogP) is 4.30. The second-order valence-corrected chi connectivity index (χ2v) is 8.04. The Morgan fingerprint density at radius 2 is 1.30 bits per heavy atom. The average molecular weight is 431 g/mol. The van der Waals surface area contributed by atoms with E-state index in [1.165, 1.54) is 57.8 Å². The number of hydrogen-bond donors (Lipinski definition) is 3. The predicted molar refractivity (Wildman–Crippen MR) is 120 cm³/mol. The molecule has 0 radical (unpaired) electrons. The van der Waals surface area contributed by atoms with Crippen LogP contribution in [0, 0.1) is 0 Å². The van der Waals surface area contributed by atoms with Crippen molar-refractivity contribution < 1.29 is 29.6 Å². The maximum atomic E-state index is 11.7. The van der Waals surface area contributed by atoms with Gasteiger partial charge in [-0.05, 0) is 32.1 Å². The van der Waals surface area contributed by atoms with Crippen molar-refractivity contribution in [2.45, 2.75) is 109 Å². The van der Waals surface area contributed by atoms with E-state index in [0.717, 1.165) is 25.7 Å². The van der Waals surface area contributed by atoms with Crippen molar-refractivity contribution >= 4 is 5.97 Å². The highest BCUT2D eigenvalue weighted by atomic mass is 16.5.